The molecule has 1 aromatic rings. The fraction of sp³-hybridized carbons (Fsp3) is 0.409. The van der Waals surface area contributed by atoms with Gasteiger partial charge in [0.25, 0.3) is 5.91 Å². The Hall–Kier alpha value is -1.92. The van der Waals surface area contributed by atoms with E-state index in [1.807, 2.05) is 0 Å². The molecule has 1 aromatic carbocycles. The van der Waals surface area contributed by atoms with Crippen LogP contribution >= 0.6 is 12.4 Å². The number of phenolic OH excluding ortho intramolecular Hbond substituents is 1. The number of hydrogen-bond acceptors (Lipinski definition) is 9. The number of carbonyl (C=O) groups excluding carboxylic acids is 3. The number of ketones is 2. The number of Topliss-reactive ketones (excluding diaryl/α,β-unsaturated/α-hetero) is 2. The van der Waals surface area contributed by atoms with Crippen LogP contribution in [0.4, 0.5) is 0 Å². The van der Waals surface area contributed by atoms with Crippen LogP contribution in [0, 0.1) is 11.8 Å². The molecule has 0 spiro atoms. The van der Waals surface area contributed by atoms with Crippen molar-refractivity contribution in [2.75, 3.05) is 14.1 Å². The number of benzene rings is 1. The number of phenols is 1. The van der Waals surface area contributed by atoms with Gasteiger partial charge in [-0.3, -0.25) is 19.3 Å². The molecule has 12 heteroatoms. The first-order valence-corrected chi connectivity index (χ1v) is 9.97. The first kappa shape index (κ1) is 28.3. The van der Waals surface area contributed by atoms with E-state index in [2.05, 4.69) is 0 Å². The molecule has 3 aliphatic carbocycles. The number of carbonyl (C=O) groups is 3. The van der Waals surface area contributed by atoms with Gasteiger partial charge in [-0.15, -0.1) is 12.4 Å². The Balaban J connectivity index is 0.00000204. The van der Waals surface area contributed by atoms with Gasteiger partial charge in [-0.2, -0.15) is 0 Å². The number of rotatable bonds is 2. The molecule has 7 N–H and O–H groups in total. The summed E-state index contributed by atoms with van der Waals surface area (Å²) in [4.78, 5) is 39.9. The van der Waals surface area contributed by atoms with E-state index in [0.29, 0.717) is 0 Å². The topological polar surface area (TPSA) is 182 Å². The number of hydrogen-bond donors (Lipinski definition) is 6. The first-order valence-electron chi connectivity index (χ1n) is 9.97. The third-order valence-electron chi connectivity index (χ3n) is 7.02. The second-order valence-corrected chi connectivity index (χ2v) is 8.96. The molecule has 0 aromatic heterocycles. The number of likely N-dealkylation sites (N-methyl/N-ethyl adjacent to an activating group) is 1. The third-order valence-corrected chi connectivity index (χ3v) is 7.02. The molecule has 0 saturated heterocycles. The minimum atomic E-state index is -2.75. The molecule has 0 radical (unpaired) electrons. The predicted octanol–water partition coefficient (Wildman–Crippen LogP) is -0.441. The molecule has 180 valence electrons. The summed E-state index contributed by atoms with van der Waals surface area (Å²) >= 11 is 0. The Morgan fingerprint density at radius 2 is 1.74 bits per heavy atom. The van der Waals surface area contributed by atoms with Gasteiger partial charge >= 0.3 is 29.6 Å². The van der Waals surface area contributed by atoms with Crippen LogP contribution in [0.1, 0.15) is 29.3 Å². The Morgan fingerprint density at radius 1 is 1.15 bits per heavy atom. The van der Waals surface area contributed by atoms with Crippen molar-refractivity contribution in [3.63, 3.8) is 0 Å². The van der Waals surface area contributed by atoms with Gasteiger partial charge in [0.05, 0.1) is 17.2 Å². The monoisotopic (exact) mass is 504 g/mol. The second kappa shape index (κ2) is 8.94. The second-order valence-electron chi connectivity index (χ2n) is 8.96. The van der Waals surface area contributed by atoms with E-state index in [0.717, 1.165) is 0 Å². The van der Waals surface area contributed by atoms with Crippen LogP contribution in [-0.2, 0) is 15.2 Å². The normalized spacial score (nSPS) is 32.4. The molecule has 4 rings (SSSR count). The number of halogens is 1. The number of nitrogens with zero attached hydrogens (tertiary/aromatic N) is 1. The van der Waals surface area contributed by atoms with Crippen LogP contribution in [0.25, 0.3) is 0 Å². The fourth-order valence-corrected chi connectivity index (χ4v) is 5.51. The van der Waals surface area contributed by atoms with Crippen molar-refractivity contribution in [3.8, 4) is 5.75 Å². The van der Waals surface area contributed by atoms with Crippen molar-refractivity contribution in [1.82, 2.24) is 4.90 Å². The van der Waals surface area contributed by atoms with Gasteiger partial charge in [-0.05, 0) is 39.1 Å². The quantitative estimate of drug-likeness (QED) is 0.230. The molecular formula is C22H26ClN2NaO8. The van der Waals surface area contributed by atoms with E-state index >= 15 is 0 Å². The Bertz CT molecular complexity index is 1160. The maximum atomic E-state index is 13.3. The average Bonchev–Trinajstić information content (AvgIpc) is 2.68. The summed E-state index contributed by atoms with van der Waals surface area (Å²) in [6.45, 7) is 1.40. The molecule has 0 saturated carbocycles. The fourth-order valence-electron chi connectivity index (χ4n) is 5.51. The molecule has 0 bridgehead atoms. The molecule has 34 heavy (non-hydrogen) atoms. The summed E-state index contributed by atoms with van der Waals surface area (Å²) in [7, 11) is 3.06. The molecule has 0 heterocycles. The number of fused-ring (bicyclic) bond motifs is 3. The van der Waals surface area contributed by atoms with Crippen LogP contribution in [0.15, 0.2) is 40.9 Å². The van der Waals surface area contributed by atoms with Crippen molar-refractivity contribution in [1.29, 1.82) is 0 Å². The number of aromatic hydroxyl groups is 1. The number of aliphatic hydroxyl groups is 4. The number of nitrogens with two attached hydrogens (primary N) is 1. The third kappa shape index (κ3) is 3.43. The molecule has 0 unspecified atom stereocenters. The van der Waals surface area contributed by atoms with Gasteiger partial charge in [0.2, 0.25) is 5.78 Å². The summed E-state index contributed by atoms with van der Waals surface area (Å²) in [5, 5.41) is 55.0. The summed E-state index contributed by atoms with van der Waals surface area (Å²) in [6, 6.07) is 3.05. The molecule has 0 fully saturated rings. The SMILES string of the molecule is CN(C)[C@@H]1C(O)=C(C(N)=O)C(=O)[C@@]2(O)C(O)=C3C(=O)c4c(O)cccc4[C@@](C)(O)[C@H]3C[C@@H]12.Cl.[NaH]. The van der Waals surface area contributed by atoms with E-state index < -0.39 is 75.0 Å². The Kier molecular flexibility index (Phi) is 7.45. The molecule has 10 nitrogen and oxygen atoms in total. The average molecular weight is 505 g/mol. The van der Waals surface area contributed by atoms with E-state index in [-0.39, 0.29) is 59.5 Å². The van der Waals surface area contributed by atoms with Crippen molar-refractivity contribution < 1.29 is 39.9 Å². The van der Waals surface area contributed by atoms with Gasteiger partial charge < -0.3 is 31.3 Å². The van der Waals surface area contributed by atoms with Gasteiger partial charge in [0, 0.05) is 17.4 Å². The summed E-state index contributed by atoms with van der Waals surface area (Å²) in [5.41, 5.74) is -0.654. The van der Waals surface area contributed by atoms with Crippen LogP contribution in [0.3, 0.4) is 0 Å². The van der Waals surface area contributed by atoms with Crippen LogP contribution in [-0.4, -0.2) is 103 Å². The summed E-state index contributed by atoms with van der Waals surface area (Å²) in [6.07, 6.45) is -0.200. The van der Waals surface area contributed by atoms with Crippen molar-refractivity contribution in [2.24, 2.45) is 17.6 Å². The maximum absolute atomic E-state index is 13.3. The number of amides is 1. The zero-order valence-electron chi connectivity index (χ0n) is 18.1. The van der Waals surface area contributed by atoms with Crippen LogP contribution in [0.2, 0.25) is 0 Å². The van der Waals surface area contributed by atoms with Gasteiger partial charge in [-0.25, -0.2) is 0 Å². The summed E-state index contributed by atoms with van der Waals surface area (Å²) < 4.78 is 0. The number of aliphatic hydroxyl groups excluding tert-OH is 2. The van der Waals surface area contributed by atoms with Crippen molar-refractivity contribution in [3.05, 3.63) is 52.0 Å². The minimum absolute atomic E-state index is 0. The van der Waals surface area contributed by atoms with E-state index in [1.165, 1.54) is 44.1 Å². The summed E-state index contributed by atoms with van der Waals surface area (Å²) in [5.74, 6) is -7.89. The zero-order valence-corrected chi connectivity index (χ0v) is 18.9. The van der Waals surface area contributed by atoms with Gasteiger partial charge in [0.15, 0.2) is 11.4 Å². The van der Waals surface area contributed by atoms with Crippen molar-refractivity contribution in [2.45, 2.75) is 30.6 Å². The first-order chi connectivity index (χ1) is 14.8. The molecule has 0 aliphatic heterocycles. The van der Waals surface area contributed by atoms with Crippen LogP contribution < -0.4 is 5.73 Å². The molecule has 5 atom stereocenters. The molecule has 3 aliphatic rings. The van der Waals surface area contributed by atoms with Crippen molar-refractivity contribution >= 4 is 59.4 Å². The van der Waals surface area contributed by atoms with Gasteiger partial charge in [-0.1, -0.05) is 12.1 Å². The standard InChI is InChI=1S/C22H24N2O8.ClH.Na.H/c1-21(31)8-5-4-6-11(25)12(8)16(26)13-9(21)7-10-15(24(2)3)17(27)14(20(23)30)19(29)22(10,32)18(13)28;;;/h4-6,9-10,15,25,27-28,31-32H,7H2,1-3H3,(H2,23,30);1H;;/t9-,10-,15-,21+,22-;;;/m0.../s1. The molecule has 1 amide bonds. The van der Waals surface area contributed by atoms with Crippen LogP contribution in [0.5, 0.6) is 5.75 Å². The van der Waals surface area contributed by atoms with Gasteiger partial charge in [0.1, 0.15) is 22.8 Å². The predicted molar refractivity (Wildman–Crippen MR) is 124 cm³/mol. The van der Waals surface area contributed by atoms with E-state index in [9.17, 15) is 39.9 Å². The Labute approximate surface area is 223 Å². The Morgan fingerprint density at radius 3 is 2.26 bits per heavy atom. The van der Waals surface area contributed by atoms with E-state index in [1.54, 1.807) is 0 Å². The number of primary amides is 1. The zero-order chi connectivity index (χ0) is 23.9. The van der Waals surface area contributed by atoms with E-state index in [4.69, 9.17) is 5.73 Å². The molecular weight excluding hydrogens is 479 g/mol.